The summed E-state index contributed by atoms with van der Waals surface area (Å²) in [5, 5.41) is 8.08. The summed E-state index contributed by atoms with van der Waals surface area (Å²) >= 11 is 0. The first kappa shape index (κ1) is 16.5. The van der Waals surface area contributed by atoms with E-state index in [1.807, 2.05) is 61.2 Å². The second-order valence-corrected chi connectivity index (χ2v) is 6.87. The molecule has 134 valence electrons. The van der Waals surface area contributed by atoms with Gasteiger partial charge in [-0.05, 0) is 25.8 Å². The van der Waals surface area contributed by atoms with Crippen LogP contribution < -0.4 is 4.90 Å². The van der Waals surface area contributed by atoms with Gasteiger partial charge in [-0.1, -0.05) is 18.2 Å². The predicted molar refractivity (Wildman–Crippen MR) is 100 cm³/mol. The number of nitrogens with one attached hydrogen (secondary N) is 1. The van der Waals surface area contributed by atoms with Crippen molar-refractivity contribution in [2.75, 3.05) is 25.5 Å². The largest absolute Gasteiger partial charge is 0.363 e. The van der Waals surface area contributed by atoms with E-state index in [-0.39, 0.29) is 11.9 Å². The lowest BCUT2D eigenvalue weighted by atomic mass is 10.1. The Morgan fingerprint density at radius 3 is 2.88 bits per heavy atom. The number of aryl methyl sites for hydroxylation is 1. The van der Waals surface area contributed by atoms with Crippen LogP contribution in [-0.4, -0.2) is 51.6 Å². The third-order valence-electron chi connectivity index (χ3n) is 4.83. The number of rotatable bonds is 3. The van der Waals surface area contributed by atoms with Crippen LogP contribution in [0.4, 0.5) is 5.82 Å². The number of hydrogen-bond donors (Lipinski definition) is 1. The number of benzene rings is 1. The molecule has 1 N–H and O–H groups in total. The van der Waals surface area contributed by atoms with Crippen LogP contribution in [0.25, 0.3) is 10.9 Å². The standard InChI is InChI=1S/C19H22N6O/c1-12-20-15(11-17(21-12)24(2)3)16-9-6-10-25(16)19(26)18-13-7-4-5-8-14(13)22-23-18/h4-5,7-8,11,16H,6,9-10H2,1-3H3,(H,22,23)/t16-/m1/s1. The number of carbonyl (C=O) groups is 1. The van der Waals surface area contributed by atoms with E-state index in [9.17, 15) is 4.79 Å². The van der Waals surface area contributed by atoms with E-state index in [0.29, 0.717) is 12.2 Å². The molecule has 7 nitrogen and oxygen atoms in total. The van der Waals surface area contributed by atoms with Gasteiger partial charge in [0.05, 0.1) is 17.3 Å². The van der Waals surface area contributed by atoms with Crippen molar-refractivity contribution in [3.63, 3.8) is 0 Å². The number of para-hydroxylation sites is 1. The molecule has 1 amide bonds. The molecule has 1 aliphatic rings. The zero-order chi connectivity index (χ0) is 18.3. The van der Waals surface area contributed by atoms with Crippen LogP contribution in [-0.2, 0) is 0 Å². The first-order chi connectivity index (χ1) is 12.5. The smallest absolute Gasteiger partial charge is 0.275 e. The van der Waals surface area contributed by atoms with Gasteiger partial charge in [0, 0.05) is 32.1 Å². The lowest BCUT2D eigenvalue weighted by molar-refractivity contribution is 0.0728. The van der Waals surface area contributed by atoms with Crippen molar-refractivity contribution in [3.05, 3.63) is 47.5 Å². The Bertz CT molecular complexity index is 964. The Morgan fingerprint density at radius 1 is 1.27 bits per heavy atom. The van der Waals surface area contributed by atoms with Crippen molar-refractivity contribution in [2.45, 2.75) is 25.8 Å². The highest BCUT2D eigenvalue weighted by atomic mass is 16.2. The summed E-state index contributed by atoms with van der Waals surface area (Å²) in [6.45, 7) is 2.60. The highest BCUT2D eigenvalue weighted by molar-refractivity contribution is 6.04. The number of H-pyrrole nitrogens is 1. The molecule has 1 saturated heterocycles. The van der Waals surface area contributed by atoms with Gasteiger partial charge < -0.3 is 9.80 Å². The number of anilines is 1. The topological polar surface area (TPSA) is 78.0 Å². The molecule has 7 heteroatoms. The summed E-state index contributed by atoms with van der Waals surface area (Å²) in [4.78, 5) is 26.1. The van der Waals surface area contributed by atoms with E-state index in [2.05, 4.69) is 20.2 Å². The van der Waals surface area contributed by atoms with Crippen molar-refractivity contribution in [2.24, 2.45) is 0 Å². The maximum absolute atomic E-state index is 13.2. The number of hydrogen-bond acceptors (Lipinski definition) is 5. The van der Waals surface area contributed by atoms with Crippen molar-refractivity contribution in [1.29, 1.82) is 0 Å². The number of fused-ring (bicyclic) bond motifs is 1. The Balaban J connectivity index is 1.70. The van der Waals surface area contributed by atoms with Crippen LogP contribution in [0.3, 0.4) is 0 Å². The molecule has 1 aliphatic heterocycles. The predicted octanol–water partition coefficient (Wildman–Crippen LogP) is 2.70. The summed E-state index contributed by atoms with van der Waals surface area (Å²) in [6, 6.07) is 9.64. The monoisotopic (exact) mass is 350 g/mol. The average molecular weight is 350 g/mol. The van der Waals surface area contributed by atoms with Gasteiger partial charge in [-0.25, -0.2) is 9.97 Å². The summed E-state index contributed by atoms with van der Waals surface area (Å²) in [5.74, 6) is 1.53. The second kappa shape index (κ2) is 6.40. The van der Waals surface area contributed by atoms with Gasteiger partial charge in [-0.3, -0.25) is 9.89 Å². The van der Waals surface area contributed by atoms with Crippen LogP contribution >= 0.6 is 0 Å². The van der Waals surface area contributed by atoms with Crippen molar-refractivity contribution in [3.8, 4) is 0 Å². The molecule has 4 rings (SSSR count). The minimum Gasteiger partial charge on any atom is -0.363 e. The Morgan fingerprint density at radius 2 is 2.08 bits per heavy atom. The lowest BCUT2D eigenvalue weighted by Crippen LogP contribution is -2.31. The number of likely N-dealkylation sites (tertiary alicyclic amines) is 1. The number of amides is 1. The minimum absolute atomic E-state index is 0.0432. The van der Waals surface area contributed by atoms with Crippen LogP contribution in [0.2, 0.25) is 0 Å². The first-order valence-corrected chi connectivity index (χ1v) is 8.81. The molecular weight excluding hydrogens is 328 g/mol. The quantitative estimate of drug-likeness (QED) is 0.786. The van der Waals surface area contributed by atoms with Crippen molar-refractivity contribution in [1.82, 2.24) is 25.1 Å². The molecule has 2 aromatic heterocycles. The van der Waals surface area contributed by atoms with E-state index in [0.717, 1.165) is 41.1 Å². The van der Waals surface area contributed by atoms with Crippen LogP contribution in [0.1, 0.15) is 40.9 Å². The maximum atomic E-state index is 13.2. The number of nitrogens with zero attached hydrogens (tertiary/aromatic N) is 5. The van der Waals surface area contributed by atoms with Gasteiger partial charge in [-0.2, -0.15) is 5.10 Å². The van der Waals surface area contributed by atoms with Crippen LogP contribution in [0.5, 0.6) is 0 Å². The summed E-state index contributed by atoms with van der Waals surface area (Å²) in [6.07, 6.45) is 1.86. The van der Waals surface area contributed by atoms with E-state index < -0.39 is 0 Å². The number of carbonyl (C=O) groups excluding carboxylic acids is 1. The van der Waals surface area contributed by atoms with Crippen LogP contribution in [0, 0.1) is 6.92 Å². The molecule has 1 fully saturated rings. The molecule has 0 spiro atoms. The molecule has 0 bridgehead atoms. The highest BCUT2D eigenvalue weighted by Gasteiger charge is 2.33. The van der Waals surface area contributed by atoms with E-state index >= 15 is 0 Å². The second-order valence-electron chi connectivity index (χ2n) is 6.87. The fourth-order valence-corrected chi connectivity index (χ4v) is 3.55. The lowest BCUT2D eigenvalue weighted by Gasteiger charge is -2.25. The first-order valence-electron chi connectivity index (χ1n) is 8.81. The zero-order valence-electron chi connectivity index (χ0n) is 15.2. The van der Waals surface area contributed by atoms with Crippen LogP contribution in [0.15, 0.2) is 30.3 Å². The molecule has 1 atom stereocenters. The molecule has 0 aliphatic carbocycles. The number of aromatic amines is 1. The number of aromatic nitrogens is 4. The molecular formula is C19H22N6O. The van der Waals surface area contributed by atoms with Gasteiger partial charge in [0.2, 0.25) is 0 Å². The molecule has 26 heavy (non-hydrogen) atoms. The Hall–Kier alpha value is -2.96. The Kier molecular flexibility index (Phi) is 4.06. The molecule has 0 radical (unpaired) electrons. The summed E-state index contributed by atoms with van der Waals surface area (Å²) < 4.78 is 0. The van der Waals surface area contributed by atoms with E-state index in [1.54, 1.807) is 0 Å². The normalized spacial score (nSPS) is 17.0. The van der Waals surface area contributed by atoms with Crippen molar-refractivity contribution < 1.29 is 4.79 Å². The average Bonchev–Trinajstić information content (AvgIpc) is 3.28. The van der Waals surface area contributed by atoms with Gasteiger partial charge in [0.15, 0.2) is 5.69 Å². The minimum atomic E-state index is -0.0485. The molecule has 1 aromatic carbocycles. The van der Waals surface area contributed by atoms with E-state index in [4.69, 9.17) is 0 Å². The molecule has 3 aromatic rings. The third kappa shape index (κ3) is 2.79. The summed E-state index contributed by atoms with van der Waals surface area (Å²) in [7, 11) is 3.91. The van der Waals surface area contributed by atoms with Gasteiger partial charge in [0.1, 0.15) is 11.6 Å². The Labute approximate surface area is 152 Å². The SMILES string of the molecule is Cc1nc([C@H]2CCCN2C(=O)c2n[nH]c3ccccc23)cc(N(C)C)n1. The summed E-state index contributed by atoms with van der Waals surface area (Å²) in [5.41, 5.74) is 2.25. The maximum Gasteiger partial charge on any atom is 0.275 e. The van der Waals surface area contributed by atoms with Gasteiger partial charge in [-0.15, -0.1) is 0 Å². The van der Waals surface area contributed by atoms with Gasteiger partial charge >= 0.3 is 0 Å². The van der Waals surface area contributed by atoms with Gasteiger partial charge in [0.25, 0.3) is 5.91 Å². The van der Waals surface area contributed by atoms with E-state index in [1.165, 1.54) is 0 Å². The third-order valence-corrected chi connectivity index (χ3v) is 4.83. The fraction of sp³-hybridized carbons (Fsp3) is 0.368. The van der Waals surface area contributed by atoms with Crippen molar-refractivity contribution >= 4 is 22.6 Å². The zero-order valence-corrected chi connectivity index (χ0v) is 15.2. The highest BCUT2D eigenvalue weighted by Crippen LogP contribution is 2.33. The molecule has 3 heterocycles. The molecule has 0 saturated carbocycles. The molecule has 0 unspecified atom stereocenters. The fourth-order valence-electron chi connectivity index (χ4n) is 3.55.